The van der Waals surface area contributed by atoms with Gasteiger partial charge in [-0.3, -0.25) is 9.59 Å². The lowest BCUT2D eigenvalue weighted by Crippen LogP contribution is -2.51. The first kappa shape index (κ1) is 20.8. The van der Waals surface area contributed by atoms with Crippen molar-refractivity contribution in [3.05, 3.63) is 65.5 Å². The van der Waals surface area contributed by atoms with E-state index in [-0.39, 0.29) is 24.1 Å². The first-order chi connectivity index (χ1) is 14.0. The lowest BCUT2D eigenvalue weighted by Gasteiger charge is -2.35. The molecule has 0 bridgehead atoms. The van der Waals surface area contributed by atoms with Crippen molar-refractivity contribution in [2.24, 2.45) is 0 Å². The fourth-order valence-electron chi connectivity index (χ4n) is 3.38. The number of benzene rings is 2. The van der Waals surface area contributed by atoms with Gasteiger partial charge >= 0.3 is 0 Å². The van der Waals surface area contributed by atoms with Gasteiger partial charge in [0.05, 0.1) is 13.0 Å². The predicted molar refractivity (Wildman–Crippen MR) is 109 cm³/mol. The number of piperazine rings is 1. The number of halogens is 1. The van der Waals surface area contributed by atoms with Crippen molar-refractivity contribution in [1.82, 2.24) is 9.80 Å². The number of carbonyl (C=O) groups is 2. The number of ether oxygens (including phenoxy) is 1. The Balaban J connectivity index is 1.36. The van der Waals surface area contributed by atoms with Gasteiger partial charge in [0.25, 0.3) is 0 Å². The van der Waals surface area contributed by atoms with Gasteiger partial charge in [0.1, 0.15) is 11.6 Å². The quantitative estimate of drug-likeness (QED) is 0.673. The van der Waals surface area contributed by atoms with Gasteiger partial charge in [-0.1, -0.05) is 30.3 Å². The summed E-state index contributed by atoms with van der Waals surface area (Å²) in [4.78, 5) is 28.4. The van der Waals surface area contributed by atoms with Gasteiger partial charge < -0.3 is 14.5 Å². The summed E-state index contributed by atoms with van der Waals surface area (Å²) in [7, 11) is 0. The SMILES string of the molecule is Cc1ccccc1OCCCC(=O)N1CCN(C(=O)Cc2ccc(F)cc2)CC1. The molecule has 1 aliphatic rings. The zero-order valence-corrected chi connectivity index (χ0v) is 16.8. The molecule has 3 rings (SSSR count). The van der Waals surface area contributed by atoms with Crippen molar-refractivity contribution >= 4 is 11.8 Å². The molecule has 0 atom stereocenters. The summed E-state index contributed by atoms with van der Waals surface area (Å²) in [5, 5.41) is 0. The minimum absolute atomic E-state index is 0.00957. The van der Waals surface area contributed by atoms with Crippen LogP contribution in [0.4, 0.5) is 4.39 Å². The van der Waals surface area contributed by atoms with Crippen LogP contribution in [0.15, 0.2) is 48.5 Å². The number of para-hydroxylation sites is 1. The predicted octanol–water partition coefficient (Wildman–Crippen LogP) is 3.21. The van der Waals surface area contributed by atoms with E-state index < -0.39 is 0 Å². The van der Waals surface area contributed by atoms with Crippen LogP contribution in [-0.4, -0.2) is 54.4 Å². The van der Waals surface area contributed by atoms with E-state index in [0.29, 0.717) is 45.6 Å². The lowest BCUT2D eigenvalue weighted by atomic mass is 10.1. The maximum Gasteiger partial charge on any atom is 0.227 e. The maximum atomic E-state index is 13.0. The van der Waals surface area contributed by atoms with Gasteiger partial charge in [0.2, 0.25) is 11.8 Å². The van der Waals surface area contributed by atoms with Gasteiger partial charge in [0, 0.05) is 32.6 Å². The van der Waals surface area contributed by atoms with E-state index >= 15 is 0 Å². The number of amides is 2. The molecule has 0 spiro atoms. The molecule has 1 aliphatic heterocycles. The molecule has 1 heterocycles. The second kappa shape index (κ2) is 10.0. The number of nitrogens with zero attached hydrogens (tertiary/aromatic N) is 2. The lowest BCUT2D eigenvalue weighted by molar-refractivity contribution is -0.139. The summed E-state index contributed by atoms with van der Waals surface area (Å²) >= 11 is 0. The van der Waals surface area contributed by atoms with E-state index in [1.54, 1.807) is 17.0 Å². The van der Waals surface area contributed by atoms with E-state index in [0.717, 1.165) is 16.9 Å². The third-order valence-electron chi connectivity index (χ3n) is 5.14. The number of rotatable bonds is 7. The smallest absolute Gasteiger partial charge is 0.227 e. The Morgan fingerprint density at radius 1 is 0.931 bits per heavy atom. The van der Waals surface area contributed by atoms with E-state index in [1.165, 1.54) is 12.1 Å². The normalized spacial score (nSPS) is 14.0. The molecule has 0 aliphatic carbocycles. The van der Waals surface area contributed by atoms with Gasteiger partial charge in [-0.25, -0.2) is 4.39 Å². The largest absolute Gasteiger partial charge is 0.493 e. The summed E-state index contributed by atoms with van der Waals surface area (Å²) < 4.78 is 18.7. The van der Waals surface area contributed by atoms with Crippen LogP contribution in [0.5, 0.6) is 5.75 Å². The average Bonchev–Trinajstić information content (AvgIpc) is 2.74. The average molecular weight is 398 g/mol. The topological polar surface area (TPSA) is 49.9 Å². The first-order valence-corrected chi connectivity index (χ1v) is 10.0. The number of hydrogen-bond acceptors (Lipinski definition) is 3. The van der Waals surface area contributed by atoms with Gasteiger partial charge in [-0.05, 0) is 42.7 Å². The molecule has 0 N–H and O–H groups in total. The number of carbonyl (C=O) groups excluding carboxylic acids is 2. The number of aryl methyl sites for hydroxylation is 1. The molecule has 0 saturated carbocycles. The molecule has 1 saturated heterocycles. The summed E-state index contributed by atoms with van der Waals surface area (Å²) in [6.45, 7) is 4.67. The van der Waals surface area contributed by atoms with Gasteiger partial charge in [-0.2, -0.15) is 0 Å². The molecule has 29 heavy (non-hydrogen) atoms. The van der Waals surface area contributed by atoms with Crippen molar-refractivity contribution in [1.29, 1.82) is 0 Å². The molecule has 1 fully saturated rings. The van der Waals surface area contributed by atoms with Crippen molar-refractivity contribution in [2.45, 2.75) is 26.2 Å². The highest BCUT2D eigenvalue weighted by molar-refractivity contribution is 5.80. The molecule has 0 radical (unpaired) electrons. The van der Waals surface area contributed by atoms with Crippen LogP contribution < -0.4 is 4.74 Å². The monoisotopic (exact) mass is 398 g/mol. The van der Waals surface area contributed by atoms with Crippen LogP contribution in [-0.2, 0) is 16.0 Å². The maximum absolute atomic E-state index is 13.0. The summed E-state index contributed by atoms with van der Waals surface area (Å²) in [6, 6.07) is 13.8. The second-order valence-corrected chi connectivity index (χ2v) is 7.28. The molecule has 0 aromatic heterocycles. The highest BCUT2D eigenvalue weighted by Gasteiger charge is 2.23. The Hall–Kier alpha value is -2.89. The second-order valence-electron chi connectivity index (χ2n) is 7.28. The highest BCUT2D eigenvalue weighted by Crippen LogP contribution is 2.16. The third kappa shape index (κ3) is 6.04. The third-order valence-corrected chi connectivity index (χ3v) is 5.14. The van der Waals surface area contributed by atoms with Crippen LogP contribution in [0.1, 0.15) is 24.0 Å². The highest BCUT2D eigenvalue weighted by atomic mass is 19.1. The fraction of sp³-hybridized carbons (Fsp3) is 0.391. The Morgan fingerprint density at radius 3 is 2.21 bits per heavy atom. The molecule has 154 valence electrons. The van der Waals surface area contributed by atoms with E-state index in [2.05, 4.69) is 0 Å². The van der Waals surface area contributed by atoms with Crippen LogP contribution >= 0.6 is 0 Å². The van der Waals surface area contributed by atoms with Crippen molar-refractivity contribution < 1.29 is 18.7 Å². The molecule has 5 nitrogen and oxygen atoms in total. The van der Waals surface area contributed by atoms with Crippen molar-refractivity contribution in [2.75, 3.05) is 32.8 Å². The van der Waals surface area contributed by atoms with Crippen molar-refractivity contribution in [3.8, 4) is 5.75 Å². The van der Waals surface area contributed by atoms with E-state index in [1.807, 2.05) is 36.1 Å². The fourth-order valence-corrected chi connectivity index (χ4v) is 3.38. The van der Waals surface area contributed by atoms with Crippen LogP contribution in [0, 0.1) is 12.7 Å². The Kier molecular flexibility index (Phi) is 7.22. The minimum atomic E-state index is -0.308. The Bertz CT molecular complexity index is 830. The summed E-state index contributed by atoms with van der Waals surface area (Å²) in [6.07, 6.45) is 1.36. The molecule has 0 unspecified atom stereocenters. The van der Waals surface area contributed by atoms with Crippen LogP contribution in [0.3, 0.4) is 0 Å². The van der Waals surface area contributed by atoms with Crippen LogP contribution in [0.25, 0.3) is 0 Å². The molecule has 6 heteroatoms. The first-order valence-electron chi connectivity index (χ1n) is 10.0. The Morgan fingerprint density at radius 2 is 1.55 bits per heavy atom. The minimum Gasteiger partial charge on any atom is -0.493 e. The van der Waals surface area contributed by atoms with Gasteiger partial charge in [-0.15, -0.1) is 0 Å². The zero-order valence-electron chi connectivity index (χ0n) is 16.8. The molecular weight excluding hydrogens is 371 g/mol. The zero-order chi connectivity index (χ0) is 20.6. The van der Waals surface area contributed by atoms with E-state index in [9.17, 15) is 14.0 Å². The Labute approximate surface area is 171 Å². The standard InChI is InChI=1S/C23H27FN2O3/c1-18-5-2-3-6-21(18)29-16-4-7-22(27)25-12-14-26(15-13-25)23(28)17-19-8-10-20(24)11-9-19/h2-3,5-6,8-11H,4,7,12-17H2,1H3. The van der Waals surface area contributed by atoms with Crippen LogP contribution in [0.2, 0.25) is 0 Å². The molecular formula is C23H27FN2O3. The van der Waals surface area contributed by atoms with Gasteiger partial charge in [0.15, 0.2) is 0 Å². The summed E-state index contributed by atoms with van der Waals surface area (Å²) in [5.41, 5.74) is 1.88. The van der Waals surface area contributed by atoms with Crippen molar-refractivity contribution in [3.63, 3.8) is 0 Å². The molecule has 2 aromatic rings. The van der Waals surface area contributed by atoms with E-state index in [4.69, 9.17) is 4.74 Å². The number of hydrogen-bond donors (Lipinski definition) is 0. The molecule has 2 amide bonds. The summed E-state index contributed by atoms with van der Waals surface area (Å²) in [5.74, 6) is 0.658. The molecule has 2 aromatic carbocycles.